The number of nitrogens with zero attached hydrogens (tertiary/aromatic N) is 3. The molecular weight excluding hydrogens is 248 g/mol. The van der Waals surface area contributed by atoms with Crippen LogP contribution >= 0.6 is 0 Å². The third-order valence-electron chi connectivity index (χ3n) is 3.79. The molecule has 0 spiro atoms. The summed E-state index contributed by atoms with van der Waals surface area (Å²) in [4.78, 5) is 9.44. The number of aromatic nitrogens is 1. The molecule has 20 heavy (non-hydrogen) atoms. The number of hydrogen-bond donors (Lipinski definition) is 1. The number of anilines is 1. The molecule has 0 aliphatic carbocycles. The van der Waals surface area contributed by atoms with Crippen molar-refractivity contribution in [3.8, 4) is 0 Å². The van der Waals surface area contributed by atoms with Crippen LogP contribution in [0.5, 0.6) is 0 Å². The van der Waals surface area contributed by atoms with Crippen LogP contribution in [0.4, 0.5) is 5.82 Å². The zero-order valence-electron chi connectivity index (χ0n) is 13.3. The maximum atomic E-state index is 4.66. The first-order valence-electron chi connectivity index (χ1n) is 7.66. The van der Waals surface area contributed by atoms with Crippen molar-refractivity contribution in [2.75, 3.05) is 32.1 Å². The molecule has 1 unspecified atom stereocenters. The Morgan fingerprint density at radius 2 is 2.25 bits per heavy atom. The molecule has 1 aromatic rings. The summed E-state index contributed by atoms with van der Waals surface area (Å²) in [5.41, 5.74) is 1.31. The Kier molecular flexibility index (Phi) is 5.38. The Morgan fingerprint density at radius 1 is 1.45 bits per heavy atom. The summed E-state index contributed by atoms with van der Waals surface area (Å²) in [5, 5.41) is 3.50. The Labute approximate surface area is 123 Å². The van der Waals surface area contributed by atoms with Crippen LogP contribution in [0, 0.1) is 0 Å². The van der Waals surface area contributed by atoms with Crippen molar-refractivity contribution in [3.05, 3.63) is 23.9 Å². The summed E-state index contributed by atoms with van der Waals surface area (Å²) in [5.74, 6) is 1.17. The standard InChI is InChI=1S/C16H28N4/c1-13(2)18-11-14-7-5-9-17-16(14)20-10-6-8-15(20)12-19(3)4/h5,7,9,13,15,18H,6,8,10-12H2,1-4H3. The first kappa shape index (κ1) is 15.3. The quantitative estimate of drug-likeness (QED) is 0.862. The van der Waals surface area contributed by atoms with Gasteiger partial charge in [0.15, 0.2) is 0 Å². The molecule has 0 saturated carbocycles. The van der Waals surface area contributed by atoms with Gasteiger partial charge in [0.25, 0.3) is 0 Å². The van der Waals surface area contributed by atoms with E-state index in [-0.39, 0.29) is 0 Å². The van der Waals surface area contributed by atoms with Gasteiger partial charge < -0.3 is 15.1 Å². The number of likely N-dealkylation sites (N-methyl/N-ethyl adjacent to an activating group) is 1. The molecule has 2 heterocycles. The van der Waals surface area contributed by atoms with Crippen molar-refractivity contribution >= 4 is 5.82 Å². The lowest BCUT2D eigenvalue weighted by Crippen LogP contribution is -2.38. The Hall–Kier alpha value is -1.13. The summed E-state index contributed by atoms with van der Waals surface area (Å²) in [6, 6.07) is 5.33. The highest BCUT2D eigenvalue weighted by atomic mass is 15.3. The second-order valence-electron chi connectivity index (χ2n) is 6.27. The van der Waals surface area contributed by atoms with E-state index in [1.54, 1.807) is 0 Å². The highest BCUT2D eigenvalue weighted by molar-refractivity contribution is 5.48. The summed E-state index contributed by atoms with van der Waals surface area (Å²) in [7, 11) is 4.30. The van der Waals surface area contributed by atoms with Crippen LogP contribution in [0.3, 0.4) is 0 Å². The Bertz CT molecular complexity index is 417. The van der Waals surface area contributed by atoms with Crippen molar-refractivity contribution < 1.29 is 0 Å². The molecule has 0 bridgehead atoms. The molecule has 0 amide bonds. The fourth-order valence-electron chi connectivity index (χ4n) is 2.87. The van der Waals surface area contributed by atoms with Gasteiger partial charge in [-0.3, -0.25) is 0 Å². The van der Waals surface area contributed by atoms with Gasteiger partial charge >= 0.3 is 0 Å². The minimum Gasteiger partial charge on any atom is -0.352 e. The van der Waals surface area contributed by atoms with Crippen molar-refractivity contribution in [1.29, 1.82) is 0 Å². The molecule has 0 aromatic carbocycles. The van der Waals surface area contributed by atoms with Gasteiger partial charge in [0.2, 0.25) is 0 Å². The highest BCUT2D eigenvalue weighted by Gasteiger charge is 2.27. The van der Waals surface area contributed by atoms with E-state index in [9.17, 15) is 0 Å². The van der Waals surface area contributed by atoms with Crippen molar-refractivity contribution in [2.45, 2.75) is 45.3 Å². The van der Waals surface area contributed by atoms with E-state index < -0.39 is 0 Å². The van der Waals surface area contributed by atoms with E-state index in [4.69, 9.17) is 0 Å². The second-order valence-corrected chi connectivity index (χ2v) is 6.27. The van der Waals surface area contributed by atoms with Crippen LogP contribution in [0.1, 0.15) is 32.3 Å². The molecule has 1 saturated heterocycles. The lowest BCUT2D eigenvalue weighted by Gasteiger charge is -2.29. The number of rotatable bonds is 6. The molecule has 1 fully saturated rings. The Morgan fingerprint density at radius 3 is 2.95 bits per heavy atom. The average Bonchev–Trinajstić information content (AvgIpc) is 2.83. The maximum Gasteiger partial charge on any atom is 0.133 e. The number of nitrogens with one attached hydrogen (secondary N) is 1. The molecule has 1 atom stereocenters. The lowest BCUT2D eigenvalue weighted by atomic mass is 10.2. The van der Waals surface area contributed by atoms with Gasteiger partial charge in [-0.1, -0.05) is 19.9 Å². The summed E-state index contributed by atoms with van der Waals surface area (Å²) >= 11 is 0. The number of hydrogen-bond acceptors (Lipinski definition) is 4. The van der Waals surface area contributed by atoms with Gasteiger partial charge in [-0.25, -0.2) is 4.98 Å². The SMILES string of the molecule is CC(C)NCc1cccnc1N1CCCC1CN(C)C. The maximum absolute atomic E-state index is 4.66. The molecule has 112 valence electrons. The molecule has 1 aliphatic heterocycles. The van der Waals surface area contributed by atoms with Crippen LogP contribution in [-0.4, -0.2) is 49.2 Å². The van der Waals surface area contributed by atoms with Crippen molar-refractivity contribution in [2.24, 2.45) is 0 Å². The van der Waals surface area contributed by atoms with Gasteiger partial charge in [0.05, 0.1) is 0 Å². The highest BCUT2D eigenvalue weighted by Crippen LogP contribution is 2.27. The summed E-state index contributed by atoms with van der Waals surface area (Å²) < 4.78 is 0. The predicted molar refractivity (Wildman–Crippen MR) is 85.1 cm³/mol. The second kappa shape index (κ2) is 7.04. The van der Waals surface area contributed by atoms with E-state index in [1.807, 2.05) is 12.3 Å². The molecule has 4 nitrogen and oxygen atoms in total. The summed E-state index contributed by atoms with van der Waals surface area (Å²) in [6.07, 6.45) is 4.46. The van der Waals surface area contributed by atoms with E-state index in [1.165, 1.54) is 24.2 Å². The predicted octanol–water partition coefficient (Wildman–Crippen LogP) is 2.11. The largest absolute Gasteiger partial charge is 0.352 e. The first-order chi connectivity index (χ1) is 9.58. The topological polar surface area (TPSA) is 31.4 Å². The minimum absolute atomic E-state index is 0.499. The molecule has 1 aromatic heterocycles. The van der Waals surface area contributed by atoms with E-state index >= 15 is 0 Å². The van der Waals surface area contributed by atoms with Crippen LogP contribution in [0.15, 0.2) is 18.3 Å². The fourth-order valence-corrected chi connectivity index (χ4v) is 2.87. The fraction of sp³-hybridized carbons (Fsp3) is 0.688. The van der Waals surface area contributed by atoms with Gasteiger partial charge in [0.1, 0.15) is 5.82 Å². The van der Waals surface area contributed by atoms with Crippen LogP contribution in [-0.2, 0) is 6.54 Å². The molecule has 4 heteroatoms. The van der Waals surface area contributed by atoms with Crippen LogP contribution in [0.2, 0.25) is 0 Å². The van der Waals surface area contributed by atoms with Gasteiger partial charge in [-0.05, 0) is 33.0 Å². The summed E-state index contributed by atoms with van der Waals surface area (Å²) in [6.45, 7) is 7.49. The van der Waals surface area contributed by atoms with E-state index in [0.29, 0.717) is 12.1 Å². The average molecular weight is 276 g/mol. The van der Waals surface area contributed by atoms with Crippen LogP contribution in [0.25, 0.3) is 0 Å². The normalized spacial score (nSPS) is 19.3. The zero-order valence-corrected chi connectivity index (χ0v) is 13.3. The van der Waals surface area contributed by atoms with Gasteiger partial charge in [-0.2, -0.15) is 0 Å². The van der Waals surface area contributed by atoms with E-state index in [2.05, 4.69) is 54.1 Å². The smallest absolute Gasteiger partial charge is 0.133 e. The first-order valence-corrected chi connectivity index (χ1v) is 7.66. The Balaban J connectivity index is 2.14. The van der Waals surface area contributed by atoms with Gasteiger partial charge in [0, 0.05) is 43.5 Å². The third kappa shape index (κ3) is 3.93. The molecule has 2 rings (SSSR count). The van der Waals surface area contributed by atoms with Crippen molar-refractivity contribution in [1.82, 2.24) is 15.2 Å². The molecule has 0 radical (unpaired) electrons. The van der Waals surface area contributed by atoms with Crippen molar-refractivity contribution in [3.63, 3.8) is 0 Å². The van der Waals surface area contributed by atoms with Crippen LogP contribution < -0.4 is 10.2 Å². The number of pyridine rings is 1. The molecule has 1 N–H and O–H groups in total. The monoisotopic (exact) mass is 276 g/mol. The molecule has 1 aliphatic rings. The molecular formula is C16H28N4. The third-order valence-corrected chi connectivity index (χ3v) is 3.79. The van der Waals surface area contributed by atoms with E-state index in [0.717, 1.165) is 19.6 Å². The minimum atomic E-state index is 0.499. The zero-order chi connectivity index (χ0) is 14.5. The van der Waals surface area contributed by atoms with Gasteiger partial charge in [-0.15, -0.1) is 0 Å². The lowest BCUT2D eigenvalue weighted by molar-refractivity contribution is 0.371.